The summed E-state index contributed by atoms with van der Waals surface area (Å²) in [5.74, 6) is -0.762. The first-order valence-electron chi connectivity index (χ1n) is 13.6. The zero-order valence-corrected chi connectivity index (χ0v) is 22.4. The summed E-state index contributed by atoms with van der Waals surface area (Å²) in [6, 6.07) is 28.0. The van der Waals surface area contributed by atoms with Crippen LogP contribution in [0.4, 0.5) is 0 Å². The maximum atomic E-state index is 13.3. The highest BCUT2D eigenvalue weighted by molar-refractivity contribution is 5.85. The average Bonchev–Trinajstić information content (AvgIpc) is 3.88. The van der Waals surface area contributed by atoms with Crippen LogP contribution in [0, 0.1) is 17.2 Å². The van der Waals surface area contributed by atoms with Gasteiger partial charge in [-0.3, -0.25) is 9.59 Å². The first kappa shape index (κ1) is 26.6. The number of carboxylic acids is 1. The van der Waals surface area contributed by atoms with E-state index in [4.69, 9.17) is 4.74 Å². The Balaban J connectivity index is 1.39. The van der Waals surface area contributed by atoms with Gasteiger partial charge in [-0.05, 0) is 65.8 Å². The number of nitrogens with zero attached hydrogens (tertiary/aromatic N) is 1. The van der Waals surface area contributed by atoms with E-state index in [0.29, 0.717) is 32.1 Å². The van der Waals surface area contributed by atoms with Crippen LogP contribution in [0.5, 0.6) is 0 Å². The van der Waals surface area contributed by atoms with E-state index in [2.05, 4.69) is 25.2 Å². The van der Waals surface area contributed by atoms with Crippen LogP contribution < -0.4 is 5.32 Å². The summed E-state index contributed by atoms with van der Waals surface area (Å²) < 4.78 is 6.56. The summed E-state index contributed by atoms with van der Waals surface area (Å²) in [6.45, 7) is 4.11. The van der Waals surface area contributed by atoms with Gasteiger partial charge in [0.1, 0.15) is 17.7 Å². The smallest absolute Gasteiger partial charge is 0.314 e. The lowest BCUT2D eigenvalue weighted by Crippen LogP contribution is -2.44. The van der Waals surface area contributed by atoms with Gasteiger partial charge in [0.25, 0.3) is 0 Å². The molecule has 0 bridgehead atoms. The minimum absolute atomic E-state index is 0.232. The molecule has 3 aromatic carbocycles. The van der Waals surface area contributed by atoms with Gasteiger partial charge in [0.05, 0.1) is 11.5 Å². The number of hydrogen-bond donors (Lipinski definition) is 2. The molecule has 5 rings (SSSR count). The molecule has 0 spiro atoms. The lowest BCUT2D eigenvalue weighted by atomic mass is 9.93. The van der Waals surface area contributed by atoms with E-state index in [-0.39, 0.29) is 11.8 Å². The number of amides is 1. The molecule has 2 aliphatic rings. The summed E-state index contributed by atoms with van der Waals surface area (Å²) in [7, 11) is 0. The molecule has 2 N–H and O–H groups in total. The Morgan fingerprint density at radius 2 is 1.46 bits per heavy atom. The summed E-state index contributed by atoms with van der Waals surface area (Å²) >= 11 is 0. The van der Waals surface area contributed by atoms with Crippen LogP contribution in [0.25, 0.3) is 11.1 Å². The average molecular weight is 523 g/mol. The van der Waals surface area contributed by atoms with Gasteiger partial charge in [-0.1, -0.05) is 92.7 Å². The van der Waals surface area contributed by atoms with Gasteiger partial charge >= 0.3 is 5.97 Å². The van der Waals surface area contributed by atoms with Crippen LogP contribution in [0.3, 0.4) is 0 Å². The molecular formula is C33H34N2O4. The standard InChI is InChI=1S/C33H34N2O4/c1-22(2)20-28(30(36)35-32(21-34)16-17-32)39-29(25-6-4-3-5-7-25)26-10-8-23(9-11-26)24-12-14-27(15-13-24)33(18-19-33)31(37)38/h3-15,22,28-29H,16-20H2,1-2H3,(H,35,36)(H,37,38)/t28-,29?/m0/s1. The molecule has 1 amide bonds. The zero-order valence-electron chi connectivity index (χ0n) is 22.4. The molecule has 1 unspecified atom stereocenters. The molecule has 0 saturated heterocycles. The molecule has 6 heteroatoms. The van der Waals surface area contributed by atoms with Crippen LogP contribution >= 0.6 is 0 Å². The Morgan fingerprint density at radius 3 is 1.95 bits per heavy atom. The Morgan fingerprint density at radius 1 is 0.897 bits per heavy atom. The van der Waals surface area contributed by atoms with Crippen molar-refractivity contribution in [3.05, 3.63) is 95.6 Å². The Bertz CT molecular complexity index is 1370. The van der Waals surface area contributed by atoms with Crippen LogP contribution in [0.1, 0.15) is 68.7 Å². The highest BCUT2D eigenvalue weighted by Crippen LogP contribution is 2.48. The van der Waals surface area contributed by atoms with Crippen LogP contribution in [-0.2, 0) is 19.7 Å². The minimum Gasteiger partial charge on any atom is -0.481 e. The number of rotatable bonds is 11. The second-order valence-electron chi connectivity index (χ2n) is 11.3. The molecule has 6 nitrogen and oxygen atoms in total. The molecule has 39 heavy (non-hydrogen) atoms. The maximum Gasteiger partial charge on any atom is 0.314 e. The Kier molecular flexibility index (Phi) is 7.29. The fourth-order valence-electron chi connectivity index (χ4n) is 5.08. The quantitative estimate of drug-likeness (QED) is 0.314. The van der Waals surface area contributed by atoms with Gasteiger partial charge in [-0.2, -0.15) is 5.26 Å². The predicted molar refractivity (Wildman–Crippen MR) is 149 cm³/mol. The fraction of sp³-hybridized carbons (Fsp3) is 0.364. The summed E-state index contributed by atoms with van der Waals surface area (Å²) in [5.41, 5.74) is 3.28. The Hall–Kier alpha value is -3.95. The highest BCUT2D eigenvalue weighted by atomic mass is 16.5. The topological polar surface area (TPSA) is 99.4 Å². The largest absolute Gasteiger partial charge is 0.481 e. The fourth-order valence-corrected chi connectivity index (χ4v) is 5.08. The molecule has 0 heterocycles. The van der Waals surface area contributed by atoms with Gasteiger partial charge in [-0.25, -0.2) is 0 Å². The molecule has 0 aromatic heterocycles. The van der Waals surface area contributed by atoms with Gasteiger partial charge in [0, 0.05) is 0 Å². The molecule has 2 saturated carbocycles. The summed E-state index contributed by atoms with van der Waals surface area (Å²) in [5, 5.41) is 22.0. The van der Waals surface area contributed by atoms with Crippen molar-refractivity contribution in [1.29, 1.82) is 5.26 Å². The van der Waals surface area contributed by atoms with Gasteiger partial charge in [0.2, 0.25) is 5.91 Å². The van der Waals surface area contributed by atoms with Crippen molar-refractivity contribution in [2.75, 3.05) is 0 Å². The number of benzene rings is 3. The number of nitrogens with one attached hydrogen (secondary N) is 1. The van der Waals surface area contributed by atoms with Crippen molar-refractivity contribution in [1.82, 2.24) is 5.32 Å². The first-order chi connectivity index (χ1) is 18.7. The van der Waals surface area contributed by atoms with E-state index in [1.807, 2.05) is 78.9 Å². The molecule has 0 aliphatic heterocycles. The molecule has 200 valence electrons. The number of carbonyl (C=O) groups excluding carboxylic acids is 1. The maximum absolute atomic E-state index is 13.3. The molecule has 0 radical (unpaired) electrons. The van der Waals surface area contributed by atoms with Gasteiger partial charge in [0.15, 0.2) is 0 Å². The zero-order chi connectivity index (χ0) is 27.6. The predicted octanol–water partition coefficient (Wildman–Crippen LogP) is 6.16. The third kappa shape index (κ3) is 5.74. The molecule has 2 aliphatic carbocycles. The van der Waals surface area contributed by atoms with E-state index in [1.54, 1.807) is 0 Å². The third-order valence-electron chi connectivity index (χ3n) is 7.85. The van der Waals surface area contributed by atoms with Gasteiger partial charge < -0.3 is 15.2 Å². The number of nitriles is 1. The van der Waals surface area contributed by atoms with Crippen molar-refractivity contribution in [2.24, 2.45) is 5.92 Å². The van der Waals surface area contributed by atoms with Crippen molar-refractivity contribution >= 4 is 11.9 Å². The molecule has 3 aromatic rings. The SMILES string of the molecule is CC(C)C[C@H](OC(c1ccccc1)c1ccc(-c2ccc(C3(C(=O)O)CC3)cc2)cc1)C(=O)NC1(C#N)CC1. The highest BCUT2D eigenvalue weighted by Gasteiger charge is 2.51. The van der Waals surface area contributed by atoms with Crippen LogP contribution in [0.15, 0.2) is 78.9 Å². The van der Waals surface area contributed by atoms with E-state index in [9.17, 15) is 20.0 Å². The second-order valence-corrected chi connectivity index (χ2v) is 11.3. The minimum atomic E-state index is -0.754. The van der Waals surface area contributed by atoms with Crippen molar-refractivity contribution in [3.63, 3.8) is 0 Å². The van der Waals surface area contributed by atoms with E-state index < -0.39 is 29.1 Å². The van der Waals surface area contributed by atoms with Crippen molar-refractivity contribution < 1.29 is 19.4 Å². The van der Waals surface area contributed by atoms with Crippen LogP contribution in [0.2, 0.25) is 0 Å². The molecule has 2 fully saturated rings. The monoisotopic (exact) mass is 522 g/mol. The number of hydrogen-bond acceptors (Lipinski definition) is 4. The summed E-state index contributed by atoms with van der Waals surface area (Å²) in [6.07, 6.45) is 2.10. The van der Waals surface area contributed by atoms with Crippen LogP contribution in [-0.4, -0.2) is 28.6 Å². The lowest BCUT2D eigenvalue weighted by Gasteiger charge is -2.27. The lowest BCUT2D eigenvalue weighted by molar-refractivity contribution is -0.140. The Labute approximate surface area is 229 Å². The van der Waals surface area contributed by atoms with E-state index in [0.717, 1.165) is 27.8 Å². The normalized spacial score (nSPS) is 18.0. The van der Waals surface area contributed by atoms with Gasteiger partial charge in [-0.15, -0.1) is 0 Å². The second kappa shape index (κ2) is 10.7. The first-order valence-corrected chi connectivity index (χ1v) is 13.6. The third-order valence-corrected chi connectivity index (χ3v) is 7.85. The summed E-state index contributed by atoms with van der Waals surface area (Å²) in [4.78, 5) is 24.9. The number of carbonyl (C=O) groups is 2. The van der Waals surface area contributed by atoms with Crippen molar-refractivity contribution in [2.45, 2.75) is 69.1 Å². The number of aliphatic carboxylic acids is 1. The number of carboxylic acid groups (broad SMARTS) is 1. The number of ether oxygens (including phenoxy) is 1. The molecule has 2 atom stereocenters. The van der Waals surface area contributed by atoms with E-state index >= 15 is 0 Å². The van der Waals surface area contributed by atoms with E-state index in [1.165, 1.54) is 0 Å². The van der Waals surface area contributed by atoms with Crippen molar-refractivity contribution in [3.8, 4) is 17.2 Å². The molecular weight excluding hydrogens is 488 g/mol.